The number of hydrogen-bond donors (Lipinski definition) is 0. The highest BCUT2D eigenvalue weighted by atomic mass is 35.5. The molecule has 1 heterocycles. The van der Waals surface area contributed by atoms with Gasteiger partial charge in [0.2, 0.25) is 0 Å². The largest absolute Gasteiger partial charge is 0.480 e. The quantitative estimate of drug-likeness (QED) is 0.315. The zero-order valence-corrected chi connectivity index (χ0v) is 20.8. The molecule has 0 N–H and O–H groups in total. The van der Waals surface area contributed by atoms with Gasteiger partial charge in [0.05, 0.1) is 22.2 Å². The molecule has 174 valence electrons. The summed E-state index contributed by atoms with van der Waals surface area (Å²) in [4.78, 5) is 31.5. The van der Waals surface area contributed by atoms with E-state index in [4.69, 9.17) is 32.7 Å². The van der Waals surface area contributed by atoms with Crippen LogP contribution in [0, 0.1) is 5.92 Å². The molecular weight excluding hydrogens is 483 g/mol. The van der Waals surface area contributed by atoms with E-state index in [0.29, 0.717) is 32.4 Å². The van der Waals surface area contributed by atoms with Gasteiger partial charge in [-0.15, -0.1) is 0 Å². The average Bonchev–Trinajstić information content (AvgIpc) is 3.03. The summed E-state index contributed by atoms with van der Waals surface area (Å²) >= 11 is 13.6. The number of rotatable bonds is 8. The lowest BCUT2D eigenvalue weighted by Gasteiger charge is -2.17. The number of benzene rings is 2. The Morgan fingerprint density at radius 2 is 1.91 bits per heavy atom. The normalized spacial score (nSPS) is 16.2. The summed E-state index contributed by atoms with van der Waals surface area (Å²) in [6.07, 6.45) is 1.77. The highest BCUT2D eigenvalue weighted by Crippen LogP contribution is 2.36. The van der Waals surface area contributed by atoms with E-state index < -0.39 is 5.97 Å². The number of esters is 1. The summed E-state index contributed by atoms with van der Waals surface area (Å²) in [5, 5.41) is 1.57. The van der Waals surface area contributed by atoms with Crippen LogP contribution in [0.1, 0.15) is 26.3 Å². The van der Waals surface area contributed by atoms with Gasteiger partial charge in [0.15, 0.2) is 11.8 Å². The van der Waals surface area contributed by atoms with Crippen molar-refractivity contribution in [3.8, 4) is 5.75 Å². The molecule has 0 saturated carbocycles. The average molecular weight is 507 g/mol. The van der Waals surface area contributed by atoms with Crippen LogP contribution in [-0.2, 0) is 14.3 Å². The minimum absolute atomic E-state index is 0.111. The third kappa shape index (κ3) is 7.00. The van der Waals surface area contributed by atoms with Crippen molar-refractivity contribution in [3.05, 3.63) is 63.0 Å². The van der Waals surface area contributed by atoms with Gasteiger partial charge in [0.1, 0.15) is 5.75 Å². The van der Waals surface area contributed by atoms with E-state index in [-0.39, 0.29) is 25.0 Å². The molecule has 0 bridgehead atoms. The first-order valence-electron chi connectivity index (χ1n) is 10.4. The van der Waals surface area contributed by atoms with Crippen LogP contribution in [0.2, 0.25) is 10.0 Å². The fourth-order valence-electron chi connectivity index (χ4n) is 2.96. The van der Waals surface area contributed by atoms with Crippen molar-refractivity contribution >= 4 is 63.8 Å². The highest BCUT2D eigenvalue weighted by Gasteiger charge is 2.33. The molecule has 1 amide bonds. The van der Waals surface area contributed by atoms with Crippen molar-refractivity contribution in [2.75, 3.05) is 19.8 Å². The molecule has 0 aliphatic carbocycles. The van der Waals surface area contributed by atoms with Gasteiger partial charge in [0, 0.05) is 11.6 Å². The summed E-state index contributed by atoms with van der Waals surface area (Å²) in [5.74, 6) is 0.0592. The topological polar surface area (TPSA) is 68.2 Å². The molecule has 0 radical (unpaired) electrons. The molecule has 2 aromatic rings. The van der Waals surface area contributed by atoms with Crippen LogP contribution < -0.4 is 4.74 Å². The van der Waals surface area contributed by atoms with Gasteiger partial charge in [-0.25, -0.2) is 9.79 Å². The fraction of sp³-hybridized carbons (Fsp3) is 0.292. The van der Waals surface area contributed by atoms with Gasteiger partial charge >= 0.3 is 5.97 Å². The number of thioether (sulfide) groups is 1. The first kappa shape index (κ1) is 25.1. The first-order valence-corrected chi connectivity index (χ1v) is 12.0. The summed E-state index contributed by atoms with van der Waals surface area (Å²) in [7, 11) is 0. The maximum absolute atomic E-state index is 13.1. The fourth-order valence-corrected chi connectivity index (χ4v) is 4.34. The van der Waals surface area contributed by atoms with Crippen LogP contribution in [0.15, 0.2) is 52.4 Å². The maximum Gasteiger partial charge on any atom is 0.344 e. The van der Waals surface area contributed by atoms with Gasteiger partial charge in [-0.1, -0.05) is 43.1 Å². The van der Waals surface area contributed by atoms with Gasteiger partial charge in [-0.2, -0.15) is 0 Å². The predicted octanol–water partition coefficient (Wildman–Crippen LogP) is 6.20. The number of amides is 1. The summed E-state index contributed by atoms with van der Waals surface area (Å²) in [6.45, 7) is 6.44. The number of amidine groups is 1. The molecule has 9 heteroatoms. The molecule has 1 fully saturated rings. The van der Waals surface area contributed by atoms with Crippen LogP contribution in [0.5, 0.6) is 5.75 Å². The van der Waals surface area contributed by atoms with Crippen molar-refractivity contribution in [3.63, 3.8) is 0 Å². The molecule has 0 unspecified atom stereocenters. The van der Waals surface area contributed by atoms with E-state index in [1.165, 1.54) is 11.8 Å². The molecule has 3 rings (SSSR count). The molecule has 1 aliphatic heterocycles. The lowest BCUT2D eigenvalue weighted by molar-refractivity contribution is -0.145. The third-order valence-electron chi connectivity index (χ3n) is 4.39. The number of carbonyl (C=O) groups excluding carboxylic acids is 2. The van der Waals surface area contributed by atoms with Gasteiger partial charge in [0.25, 0.3) is 5.91 Å². The lowest BCUT2D eigenvalue weighted by Crippen LogP contribution is -2.32. The van der Waals surface area contributed by atoms with Crippen molar-refractivity contribution < 1.29 is 19.1 Å². The Balaban J connectivity index is 1.82. The summed E-state index contributed by atoms with van der Waals surface area (Å²) in [5.41, 5.74) is 1.45. The van der Waals surface area contributed by atoms with Crippen LogP contribution in [-0.4, -0.2) is 41.7 Å². The predicted molar refractivity (Wildman–Crippen MR) is 134 cm³/mol. The molecule has 2 aromatic carbocycles. The number of aliphatic imine (C=N–C) groups is 1. The number of halogens is 2. The Bertz CT molecular complexity index is 1080. The van der Waals surface area contributed by atoms with Crippen molar-refractivity contribution in [1.29, 1.82) is 0 Å². The molecular formula is C24H24Cl2N2O4S. The summed E-state index contributed by atoms with van der Waals surface area (Å²) in [6, 6.07) is 12.3. The van der Waals surface area contributed by atoms with Crippen LogP contribution in [0.4, 0.5) is 5.69 Å². The second-order valence-electron chi connectivity index (χ2n) is 7.57. The van der Waals surface area contributed by atoms with E-state index >= 15 is 0 Å². The Labute approximate surface area is 207 Å². The Morgan fingerprint density at radius 3 is 2.55 bits per heavy atom. The third-order valence-corrected chi connectivity index (χ3v) is 5.95. The number of carbonyl (C=O) groups is 2. The van der Waals surface area contributed by atoms with Crippen LogP contribution in [0.3, 0.4) is 0 Å². The van der Waals surface area contributed by atoms with E-state index in [9.17, 15) is 9.59 Å². The van der Waals surface area contributed by atoms with Gasteiger partial charge in [-0.3, -0.25) is 9.69 Å². The monoisotopic (exact) mass is 506 g/mol. The Kier molecular flexibility index (Phi) is 8.83. The van der Waals surface area contributed by atoms with E-state index in [2.05, 4.69) is 4.99 Å². The van der Waals surface area contributed by atoms with E-state index in [1.807, 2.05) is 26.0 Å². The zero-order chi connectivity index (χ0) is 24.0. The Morgan fingerprint density at radius 1 is 1.18 bits per heavy atom. The van der Waals surface area contributed by atoms with Crippen LogP contribution >= 0.6 is 35.0 Å². The molecule has 33 heavy (non-hydrogen) atoms. The number of hydrogen-bond acceptors (Lipinski definition) is 6. The highest BCUT2D eigenvalue weighted by molar-refractivity contribution is 8.18. The number of ether oxygens (including phenoxy) is 2. The molecule has 0 spiro atoms. The van der Waals surface area contributed by atoms with Crippen molar-refractivity contribution in [2.45, 2.75) is 20.8 Å². The van der Waals surface area contributed by atoms with E-state index in [0.717, 1.165) is 11.3 Å². The molecule has 6 nitrogen and oxygen atoms in total. The second kappa shape index (κ2) is 11.6. The molecule has 1 aliphatic rings. The SMILES string of the molecule is CCOC(=O)COc1ccc(/C=C2\SC(=Nc3ccc(Cl)cc3)N(CC(C)C)C2=O)cc1Cl. The first-order chi connectivity index (χ1) is 15.8. The van der Waals surface area contributed by atoms with Crippen LogP contribution in [0.25, 0.3) is 6.08 Å². The molecule has 0 atom stereocenters. The van der Waals surface area contributed by atoms with Crippen molar-refractivity contribution in [1.82, 2.24) is 4.90 Å². The smallest absolute Gasteiger partial charge is 0.344 e. The van der Waals surface area contributed by atoms with Gasteiger partial charge in [-0.05, 0) is 72.6 Å². The number of nitrogens with zero attached hydrogens (tertiary/aromatic N) is 2. The second-order valence-corrected chi connectivity index (χ2v) is 9.43. The summed E-state index contributed by atoms with van der Waals surface area (Å²) < 4.78 is 10.3. The van der Waals surface area contributed by atoms with Crippen molar-refractivity contribution in [2.24, 2.45) is 10.9 Å². The molecule has 0 aromatic heterocycles. The Hall–Kier alpha value is -2.48. The maximum atomic E-state index is 13.1. The zero-order valence-electron chi connectivity index (χ0n) is 18.5. The van der Waals surface area contributed by atoms with E-state index in [1.54, 1.807) is 48.2 Å². The standard InChI is InChI=1S/C24H24Cl2N2O4S/c1-4-31-22(29)14-32-20-10-5-16(11-19(20)26)12-21-23(30)28(13-15(2)3)24(33-21)27-18-8-6-17(25)7-9-18/h5-12,15H,4,13-14H2,1-3H3/b21-12-,27-24?. The minimum Gasteiger partial charge on any atom is -0.480 e. The lowest BCUT2D eigenvalue weighted by atomic mass is 10.2. The van der Waals surface area contributed by atoms with Gasteiger partial charge < -0.3 is 9.47 Å². The minimum atomic E-state index is -0.467. The molecule has 1 saturated heterocycles.